The minimum Gasteiger partial charge on any atom is -0.265 e. The SMILES string of the molecule is CCN(CCc1ccncc1)S(=O)(=O)c1cccs1. The van der Waals surface area contributed by atoms with E-state index in [4.69, 9.17) is 0 Å². The first-order valence-electron chi connectivity index (χ1n) is 6.07. The van der Waals surface area contributed by atoms with Crippen LogP contribution in [-0.4, -0.2) is 30.8 Å². The predicted octanol–water partition coefficient (Wildman–Crippen LogP) is 2.40. The number of hydrogen-bond acceptors (Lipinski definition) is 4. The number of pyridine rings is 1. The van der Waals surface area contributed by atoms with Crippen LogP contribution in [0.4, 0.5) is 0 Å². The van der Waals surface area contributed by atoms with Crippen molar-refractivity contribution in [1.29, 1.82) is 0 Å². The van der Waals surface area contributed by atoms with Gasteiger partial charge in [-0.3, -0.25) is 4.98 Å². The highest BCUT2D eigenvalue weighted by atomic mass is 32.2. The molecule has 102 valence electrons. The van der Waals surface area contributed by atoms with Crippen LogP contribution in [0.15, 0.2) is 46.2 Å². The topological polar surface area (TPSA) is 50.3 Å². The van der Waals surface area contributed by atoms with Crippen molar-refractivity contribution in [3.63, 3.8) is 0 Å². The molecule has 0 aliphatic rings. The lowest BCUT2D eigenvalue weighted by molar-refractivity contribution is 0.432. The average molecular weight is 296 g/mol. The maximum atomic E-state index is 12.4. The summed E-state index contributed by atoms with van der Waals surface area (Å²) in [6.45, 7) is 2.82. The molecule has 0 spiro atoms. The van der Waals surface area contributed by atoms with E-state index in [2.05, 4.69) is 4.98 Å². The third kappa shape index (κ3) is 3.40. The Morgan fingerprint density at radius 1 is 1.26 bits per heavy atom. The first kappa shape index (κ1) is 14.2. The zero-order chi connectivity index (χ0) is 13.7. The van der Waals surface area contributed by atoms with Crippen LogP contribution in [0, 0.1) is 0 Å². The lowest BCUT2D eigenvalue weighted by atomic mass is 10.2. The van der Waals surface area contributed by atoms with Gasteiger partial charge in [0.25, 0.3) is 10.0 Å². The third-order valence-electron chi connectivity index (χ3n) is 2.84. The van der Waals surface area contributed by atoms with Gasteiger partial charge in [0.1, 0.15) is 4.21 Å². The molecule has 0 unspecified atom stereocenters. The van der Waals surface area contributed by atoms with Crippen LogP contribution in [-0.2, 0) is 16.4 Å². The molecule has 0 fully saturated rings. The van der Waals surface area contributed by atoms with Gasteiger partial charge in [0.15, 0.2) is 0 Å². The van der Waals surface area contributed by atoms with Crippen molar-refractivity contribution in [2.45, 2.75) is 17.6 Å². The van der Waals surface area contributed by atoms with E-state index in [-0.39, 0.29) is 0 Å². The van der Waals surface area contributed by atoms with E-state index in [1.807, 2.05) is 19.1 Å². The van der Waals surface area contributed by atoms with Gasteiger partial charge in [-0.25, -0.2) is 8.42 Å². The zero-order valence-corrected chi connectivity index (χ0v) is 12.3. The summed E-state index contributed by atoms with van der Waals surface area (Å²) in [5, 5.41) is 1.78. The molecule has 0 atom stereocenters. The van der Waals surface area contributed by atoms with E-state index >= 15 is 0 Å². The Hall–Kier alpha value is -1.24. The van der Waals surface area contributed by atoms with Crippen molar-refractivity contribution in [2.75, 3.05) is 13.1 Å². The molecule has 0 aliphatic heterocycles. The summed E-state index contributed by atoms with van der Waals surface area (Å²) in [5.74, 6) is 0. The quantitative estimate of drug-likeness (QED) is 0.822. The molecule has 6 heteroatoms. The molecule has 0 N–H and O–H groups in total. The molecule has 0 bridgehead atoms. The zero-order valence-electron chi connectivity index (χ0n) is 10.7. The normalized spacial score (nSPS) is 11.9. The Labute approximate surface area is 117 Å². The van der Waals surface area contributed by atoms with E-state index in [1.165, 1.54) is 15.6 Å². The lowest BCUT2D eigenvalue weighted by Gasteiger charge is -2.19. The molecule has 0 aliphatic carbocycles. The first-order valence-corrected chi connectivity index (χ1v) is 8.39. The Kier molecular flexibility index (Phi) is 4.68. The second-order valence-corrected chi connectivity index (χ2v) is 7.15. The van der Waals surface area contributed by atoms with Crippen LogP contribution in [0.3, 0.4) is 0 Å². The van der Waals surface area contributed by atoms with Crippen molar-refractivity contribution >= 4 is 21.4 Å². The number of hydrogen-bond donors (Lipinski definition) is 0. The highest BCUT2D eigenvalue weighted by Gasteiger charge is 2.23. The molecule has 0 aromatic carbocycles. The Bertz CT molecular complexity index is 595. The highest BCUT2D eigenvalue weighted by Crippen LogP contribution is 2.20. The van der Waals surface area contributed by atoms with Crippen molar-refractivity contribution in [3.8, 4) is 0 Å². The van der Waals surface area contributed by atoms with Gasteiger partial charge in [0, 0.05) is 25.5 Å². The van der Waals surface area contributed by atoms with Crippen molar-refractivity contribution in [2.24, 2.45) is 0 Å². The van der Waals surface area contributed by atoms with Crippen LogP contribution in [0.25, 0.3) is 0 Å². The average Bonchev–Trinajstić information content (AvgIpc) is 2.95. The minimum atomic E-state index is -3.34. The molecule has 0 amide bonds. The van der Waals surface area contributed by atoms with E-state index in [1.54, 1.807) is 29.9 Å². The van der Waals surface area contributed by atoms with Crippen LogP contribution in [0.5, 0.6) is 0 Å². The smallest absolute Gasteiger partial charge is 0.252 e. The fourth-order valence-electron chi connectivity index (χ4n) is 1.79. The van der Waals surface area contributed by atoms with E-state index in [9.17, 15) is 8.42 Å². The summed E-state index contributed by atoms with van der Waals surface area (Å²) in [5.41, 5.74) is 1.09. The van der Waals surface area contributed by atoms with Crippen molar-refractivity contribution in [1.82, 2.24) is 9.29 Å². The summed E-state index contributed by atoms with van der Waals surface area (Å²) < 4.78 is 26.7. The second-order valence-electron chi connectivity index (χ2n) is 4.03. The lowest BCUT2D eigenvalue weighted by Crippen LogP contribution is -2.32. The number of sulfonamides is 1. The predicted molar refractivity (Wildman–Crippen MR) is 76.7 cm³/mol. The van der Waals surface area contributed by atoms with Gasteiger partial charge in [-0.15, -0.1) is 11.3 Å². The molecular formula is C13H16N2O2S2. The maximum Gasteiger partial charge on any atom is 0.252 e. The van der Waals surface area contributed by atoms with Gasteiger partial charge >= 0.3 is 0 Å². The molecular weight excluding hydrogens is 280 g/mol. The van der Waals surface area contributed by atoms with E-state index in [0.29, 0.717) is 23.7 Å². The van der Waals surface area contributed by atoms with Crippen LogP contribution in [0.2, 0.25) is 0 Å². The molecule has 19 heavy (non-hydrogen) atoms. The summed E-state index contributed by atoms with van der Waals surface area (Å²) in [7, 11) is -3.34. The molecule has 2 heterocycles. The molecule has 2 rings (SSSR count). The highest BCUT2D eigenvalue weighted by molar-refractivity contribution is 7.91. The van der Waals surface area contributed by atoms with Gasteiger partial charge in [-0.2, -0.15) is 4.31 Å². The monoisotopic (exact) mass is 296 g/mol. The molecule has 0 radical (unpaired) electrons. The van der Waals surface area contributed by atoms with Crippen molar-refractivity contribution in [3.05, 3.63) is 47.6 Å². The Morgan fingerprint density at radius 2 is 2.00 bits per heavy atom. The Morgan fingerprint density at radius 3 is 2.58 bits per heavy atom. The standard InChI is InChI=1S/C13H16N2O2S2/c1-2-15(10-7-12-5-8-14-9-6-12)19(16,17)13-4-3-11-18-13/h3-6,8-9,11H,2,7,10H2,1H3. The molecule has 0 saturated carbocycles. The largest absolute Gasteiger partial charge is 0.265 e. The fraction of sp³-hybridized carbons (Fsp3) is 0.308. The van der Waals surface area contributed by atoms with Gasteiger partial charge in [0.2, 0.25) is 0 Å². The van der Waals surface area contributed by atoms with Gasteiger partial charge in [0.05, 0.1) is 0 Å². The van der Waals surface area contributed by atoms with Gasteiger partial charge in [-0.1, -0.05) is 13.0 Å². The summed E-state index contributed by atoms with van der Waals surface area (Å²) in [4.78, 5) is 3.95. The first-order chi connectivity index (χ1) is 9.14. The van der Waals surface area contributed by atoms with Crippen LogP contribution >= 0.6 is 11.3 Å². The van der Waals surface area contributed by atoms with Crippen molar-refractivity contribution < 1.29 is 8.42 Å². The number of aromatic nitrogens is 1. The van der Waals surface area contributed by atoms with E-state index < -0.39 is 10.0 Å². The molecule has 4 nitrogen and oxygen atoms in total. The van der Waals surface area contributed by atoms with E-state index in [0.717, 1.165) is 5.56 Å². The molecule has 2 aromatic rings. The van der Waals surface area contributed by atoms with Gasteiger partial charge < -0.3 is 0 Å². The summed E-state index contributed by atoms with van der Waals surface area (Å²) in [6, 6.07) is 7.22. The molecule has 2 aromatic heterocycles. The third-order valence-corrected chi connectivity index (χ3v) is 6.19. The molecule has 0 saturated heterocycles. The number of thiophene rings is 1. The number of nitrogens with zero attached hydrogens (tertiary/aromatic N) is 2. The second kappa shape index (κ2) is 6.27. The summed E-state index contributed by atoms with van der Waals surface area (Å²) in [6.07, 6.45) is 4.14. The number of rotatable bonds is 6. The Balaban J connectivity index is 2.09. The summed E-state index contributed by atoms with van der Waals surface area (Å²) >= 11 is 1.26. The van der Waals surface area contributed by atoms with Gasteiger partial charge in [-0.05, 0) is 35.6 Å². The minimum absolute atomic E-state index is 0.407. The maximum absolute atomic E-state index is 12.4. The van der Waals surface area contributed by atoms with Crippen LogP contribution < -0.4 is 0 Å². The fourth-order valence-corrected chi connectivity index (χ4v) is 4.38. The number of likely N-dealkylation sites (N-methyl/N-ethyl adjacent to an activating group) is 1. The van der Waals surface area contributed by atoms with Crippen LogP contribution in [0.1, 0.15) is 12.5 Å².